The van der Waals surface area contributed by atoms with Crippen molar-refractivity contribution in [3.63, 3.8) is 0 Å². The van der Waals surface area contributed by atoms with Gasteiger partial charge in [0, 0.05) is 21.9 Å². The van der Waals surface area contributed by atoms with Crippen molar-refractivity contribution < 1.29 is 4.79 Å². The molecular weight excluding hydrogens is 260 g/mol. The number of pyridine rings is 1. The second-order valence-corrected chi connectivity index (χ2v) is 4.98. The first-order chi connectivity index (χ1) is 10.3. The van der Waals surface area contributed by atoms with Crippen LogP contribution in [0.2, 0.25) is 0 Å². The third-order valence-electron chi connectivity index (χ3n) is 3.66. The molecule has 2 heterocycles. The Bertz CT molecular complexity index is 955. The van der Waals surface area contributed by atoms with Crippen LogP contribution in [0.3, 0.4) is 0 Å². The van der Waals surface area contributed by atoms with Gasteiger partial charge in [0.1, 0.15) is 5.69 Å². The molecule has 3 nitrogen and oxygen atoms in total. The Kier molecular flexibility index (Phi) is 2.57. The molecule has 0 unspecified atom stereocenters. The number of hydrogen-bond acceptors (Lipinski definition) is 2. The Labute approximate surface area is 121 Å². The van der Waals surface area contributed by atoms with Gasteiger partial charge in [-0.1, -0.05) is 48.5 Å². The van der Waals surface area contributed by atoms with Crippen molar-refractivity contribution in [1.29, 1.82) is 0 Å². The van der Waals surface area contributed by atoms with Crippen LogP contribution >= 0.6 is 0 Å². The smallest absolute Gasteiger partial charge is 0.211 e. The molecule has 0 aliphatic heterocycles. The van der Waals surface area contributed by atoms with E-state index in [1.165, 1.54) is 0 Å². The number of carbonyl (C=O) groups is 1. The van der Waals surface area contributed by atoms with Crippen LogP contribution in [0.25, 0.3) is 21.8 Å². The van der Waals surface area contributed by atoms with E-state index >= 15 is 0 Å². The van der Waals surface area contributed by atoms with Crippen LogP contribution in [0, 0.1) is 0 Å². The van der Waals surface area contributed by atoms with Crippen molar-refractivity contribution in [2.24, 2.45) is 0 Å². The molecule has 0 aliphatic rings. The summed E-state index contributed by atoms with van der Waals surface area (Å²) in [6, 6.07) is 19.1. The Morgan fingerprint density at radius 1 is 0.857 bits per heavy atom. The Hall–Kier alpha value is -2.94. The molecule has 0 saturated heterocycles. The lowest BCUT2D eigenvalue weighted by atomic mass is 10.1. The maximum Gasteiger partial charge on any atom is 0.211 e. The molecule has 0 saturated carbocycles. The highest BCUT2D eigenvalue weighted by molar-refractivity contribution is 6.12. The predicted molar refractivity (Wildman–Crippen MR) is 83.5 cm³/mol. The van der Waals surface area contributed by atoms with E-state index < -0.39 is 0 Å². The number of H-pyrrole nitrogens is 1. The highest BCUT2D eigenvalue weighted by Gasteiger charge is 2.12. The lowest BCUT2D eigenvalue weighted by Crippen LogP contribution is -2.03. The summed E-state index contributed by atoms with van der Waals surface area (Å²) < 4.78 is 0. The van der Waals surface area contributed by atoms with Gasteiger partial charge in [0.25, 0.3) is 0 Å². The van der Waals surface area contributed by atoms with Gasteiger partial charge in [-0.25, -0.2) is 0 Å². The highest BCUT2D eigenvalue weighted by Crippen LogP contribution is 2.25. The maximum atomic E-state index is 12.5. The van der Waals surface area contributed by atoms with Crippen LogP contribution in [0.5, 0.6) is 0 Å². The maximum absolute atomic E-state index is 12.5. The van der Waals surface area contributed by atoms with E-state index in [1.54, 1.807) is 6.20 Å². The first-order valence-corrected chi connectivity index (χ1v) is 6.79. The van der Waals surface area contributed by atoms with E-state index in [9.17, 15) is 4.79 Å². The lowest BCUT2D eigenvalue weighted by Gasteiger charge is -2.00. The standard InChI is InChI=1S/C18H12N2O/c21-18(12-6-2-1-3-7-12)16-10-14-13-8-4-5-9-15(13)20-17(14)11-19-16/h1-11,20H. The van der Waals surface area contributed by atoms with Crippen molar-refractivity contribution in [1.82, 2.24) is 9.97 Å². The molecule has 3 heteroatoms. The normalized spacial score (nSPS) is 11.0. The molecule has 0 spiro atoms. The molecule has 4 rings (SSSR count). The number of nitrogens with zero attached hydrogens (tertiary/aromatic N) is 1. The topological polar surface area (TPSA) is 45.8 Å². The molecule has 2 aromatic carbocycles. The molecule has 1 N–H and O–H groups in total. The number of aromatic amines is 1. The summed E-state index contributed by atoms with van der Waals surface area (Å²) >= 11 is 0. The summed E-state index contributed by atoms with van der Waals surface area (Å²) in [5, 5.41) is 2.14. The minimum atomic E-state index is -0.0530. The summed E-state index contributed by atoms with van der Waals surface area (Å²) in [5.74, 6) is -0.0530. The fraction of sp³-hybridized carbons (Fsp3) is 0. The lowest BCUT2D eigenvalue weighted by molar-refractivity contribution is 0.103. The van der Waals surface area contributed by atoms with E-state index in [0.717, 1.165) is 21.8 Å². The van der Waals surface area contributed by atoms with E-state index in [0.29, 0.717) is 11.3 Å². The largest absolute Gasteiger partial charge is 0.353 e. The molecule has 0 fully saturated rings. The van der Waals surface area contributed by atoms with Crippen LogP contribution in [0.4, 0.5) is 0 Å². The average Bonchev–Trinajstić information content (AvgIpc) is 2.93. The number of para-hydroxylation sites is 1. The van der Waals surface area contributed by atoms with Gasteiger partial charge in [0.15, 0.2) is 0 Å². The van der Waals surface area contributed by atoms with E-state index in [2.05, 4.69) is 9.97 Å². The van der Waals surface area contributed by atoms with E-state index in [1.807, 2.05) is 60.7 Å². The minimum Gasteiger partial charge on any atom is -0.353 e. The van der Waals surface area contributed by atoms with Gasteiger partial charge in [-0.2, -0.15) is 0 Å². The molecular formula is C18H12N2O. The van der Waals surface area contributed by atoms with Crippen molar-refractivity contribution >= 4 is 27.6 Å². The van der Waals surface area contributed by atoms with Crippen molar-refractivity contribution in [3.8, 4) is 0 Å². The Morgan fingerprint density at radius 2 is 1.62 bits per heavy atom. The third-order valence-corrected chi connectivity index (χ3v) is 3.66. The summed E-state index contributed by atoms with van der Waals surface area (Å²) in [6.45, 7) is 0. The van der Waals surface area contributed by atoms with Crippen LogP contribution in [-0.4, -0.2) is 15.8 Å². The van der Waals surface area contributed by atoms with Crippen molar-refractivity contribution in [2.75, 3.05) is 0 Å². The van der Waals surface area contributed by atoms with Gasteiger partial charge in [-0.3, -0.25) is 9.78 Å². The first-order valence-electron chi connectivity index (χ1n) is 6.79. The average molecular weight is 272 g/mol. The quantitative estimate of drug-likeness (QED) is 0.562. The van der Waals surface area contributed by atoms with Crippen molar-refractivity contribution in [3.05, 3.63) is 78.1 Å². The number of hydrogen-bond donors (Lipinski definition) is 1. The first kappa shape index (κ1) is 11.9. The molecule has 0 atom stereocenters. The van der Waals surface area contributed by atoms with Gasteiger partial charge in [0.2, 0.25) is 5.78 Å². The zero-order valence-corrected chi connectivity index (χ0v) is 11.2. The number of carbonyl (C=O) groups excluding carboxylic acids is 1. The number of ketones is 1. The monoisotopic (exact) mass is 272 g/mol. The predicted octanol–water partition coefficient (Wildman–Crippen LogP) is 3.95. The second kappa shape index (κ2) is 4.56. The molecule has 0 bridgehead atoms. The van der Waals surface area contributed by atoms with Gasteiger partial charge >= 0.3 is 0 Å². The molecule has 0 aliphatic carbocycles. The van der Waals surface area contributed by atoms with Gasteiger partial charge in [-0.15, -0.1) is 0 Å². The molecule has 4 aromatic rings. The number of fused-ring (bicyclic) bond motifs is 3. The highest BCUT2D eigenvalue weighted by atomic mass is 16.1. The summed E-state index contributed by atoms with van der Waals surface area (Å²) in [4.78, 5) is 20.1. The number of rotatable bonds is 2. The van der Waals surface area contributed by atoms with Crippen molar-refractivity contribution in [2.45, 2.75) is 0 Å². The fourth-order valence-electron chi connectivity index (χ4n) is 2.61. The molecule has 0 amide bonds. The van der Waals surface area contributed by atoms with E-state index in [-0.39, 0.29) is 5.78 Å². The molecule has 21 heavy (non-hydrogen) atoms. The summed E-state index contributed by atoms with van der Waals surface area (Å²) in [6.07, 6.45) is 1.73. The van der Waals surface area contributed by atoms with Gasteiger partial charge < -0.3 is 4.98 Å². The molecule has 0 radical (unpaired) electrons. The van der Waals surface area contributed by atoms with E-state index in [4.69, 9.17) is 0 Å². The molecule has 100 valence electrons. The third kappa shape index (κ3) is 1.91. The summed E-state index contributed by atoms with van der Waals surface area (Å²) in [7, 11) is 0. The Morgan fingerprint density at radius 3 is 2.48 bits per heavy atom. The van der Waals surface area contributed by atoms with Crippen LogP contribution in [0.1, 0.15) is 16.1 Å². The zero-order chi connectivity index (χ0) is 14.2. The number of aromatic nitrogens is 2. The SMILES string of the molecule is O=C(c1ccccc1)c1cc2c(cn1)[nH]c1ccccc12. The zero-order valence-electron chi connectivity index (χ0n) is 11.2. The van der Waals surface area contributed by atoms with Crippen LogP contribution in [0.15, 0.2) is 66.9 Å². The molecule has 2 aromatic heterocycles. The van der Waals surface area contributed by atoms with Crippen LogP contribution < -0.4 is 0 Å². The van der Waals surface area contributed by atoms with Crippen LogP contribution in [-0.2, 0) is 0 Å². The van der Waals surface area contributed by atoms with Gasteiger partial charge in [-0.05, 0) is 12.1 Å². The van der Waals surface area contributed by atoms with Gasteiger partial charge in [0.05, 0.1) is 11.7 Å². The fourth-order valence-corrected chi connectivity index (χ4v) is 2.61. The minimum absolute atomic E-state index is 0.0530. The number of nitrogens with one attached hydrogen (secondary N) is 1. The summed E-state index contributed by atoms with van der Waals surface area (Å²) in [5.41, 5.74) is 3.13. The Balaban J connectivity index is 1.90. The number of benzene rings is 2. The second-order valence-electron chi connectivity index (χ2n) is 4.98.